The van der Waals surface area contributed by atoms with Crippen molar-refractivity contribution < 1.29 is 38.3 Å². The third-order valence-electron chi connectivity index (χ3n) is 4.92. The molecule has 0 aliphatic carbocycles. The molecule has 0 radical (unpaired) electrons. The summed E-state index contributed by atoms with van der Waals surface area (Å²) in [5.41, 5.74) is 1.72. The summed E-state index contributed by atoms with van der Waals surface area (Å²) >= 11 is 0. The van der Waals surface area contributed by atoms with Crippen LogP contribution < -0.4 is 28.4 Å². The Hall–Kier alpha value is -3.55. The molecule has 0 saturated heterocycles. The van der Waals surface area contributed by atoms with Crippen molar-refractivity contribution in [2.45, 2.75) is 25.7 Å². The van der Waals surface area contributed by atoms with Gasteiger partial charge in [0, 0.05) is 6.42 Å². The standard InChI is InChI=1S/C25H32O8/c1-28-19-13-17(14-20(29-2)24(19)32-5)10-11-18-15-21(30-3)25(22(16-18)31-4)33-12-8-6-7-9-23(26)27/h10-11,13-16H,6-9,12H2,1-5H3,(H,26,27). The first-order chi connectivity index (χ1) is 16.0. The fraction of sp³-hybridized carbons (Fsp3) is 0.400. The van der Waals surface area contributed by atoms with E-state index >= 15 is 0 Å². The number of aliphatic carboxylic acids is 1. The van der Waals surface area contributed by atoms with E-state index in [1.54, 1.807) is 35.5 Å². The summed E-state index contributed by atoms with van der Waals surface area (Å²) in [5, 5.41) is 8.72. The molecular formula is C25H32O8. The van der Waals surface area contributed by atoms with Gasteiger partial charge in [0.05, 0.1) is 42.2 Å². The van der Waals surface area contributed by atoms with E-state index in [0.29, 0.717) is 47.5 Å². The molecule has 0 bridgehead atoms. The second kappa shape index (κ2) is 13.1. The quantitative estimate of drug-likeness (QED) is 0.314. The topological polar surface area (TPSA) is 92.7 Å². The molecule has 8 nitrogen and oxygen atoms in total. The lowest BCUT2D eigenvalue weighted by molar-refractivity contribution is -0.137. The van der Waals surface area contributed by atoms with Crippen LogP contribution in [0.3, 0.4) is 0 Å². The molecule has 2 aromatic carbocycles. The molecule has 0 saturated carbocycles. The molecule has 180 valence electrons. The average molecular weight is 461 g/mol. The summed E-state index contributed by atoms with van der Waals surface area (Å²) < 4.78 is 33.1. The van der Waals surface area contributed by atoms with Gasteiger partial charge in [-0.25, -0.2) is 0 Å². The number of ether oxygens (including phenoxy) is 6. The summed E-state index contributed by atoms with van der Waals surface area (Å²) in [4.78, 5) is 10.6. The number of carboxylic acids is 1. The Balaban J connectivity index is 2.20. The third kappa shape index (κ3) is 7.24. The molecule has 0 unspecified atom stereocenters. The monoisotopic (exact) mass is 460 g/mol. The van der Waals surface area contributed by atoms with Crippen LogP contribution in [-0.2, 0) is 4.79 Å². The van der Waals surface area contributed by atoms with E-state index in [2.05, 4.69) is 0 Å². The minimum Gasteiger partial charge on any atom is -0.493 e. The Kier molecular flexibility index (Phi) is 10.2. The van der Waals surface area contributed by atoms with Crippen LogP contribution in [0.4, 0.5) is 0 Å². The molecule has 0 aromatic heterocycles. The van der Waals surface area contributed by atoms with E-state index in [9.17, 15) is 4.79 Å². The molecule has 0 spiro atoms. The van der Waals surface area contributed by atoms with Crippen LogP contribution in [0, 0.1) is 0 Å². The summed E-state index contributed by atoms with van der Waals surface area (Å²) in [5.74, 6) is 2.49. The van der Waals surface area contributed by atoms with Crippen LogP contribution in [0.25, 0.3) is 12.2 Å². The molecule has 0 atom stereocenters. The molecule has 0 aliphatic rings. The van der Waals surface area contributed by atoms with Crippen molar-refractivity contribution in [2.75, 3.05) is 42.2 Å². The van der Waals surface area contributed by atoms with Gasteiger partial charge in [0.2, 0.25) is 11.5 Å². The normalized spacial score (nSPS) is 10.7. The van der Waals surface area contributed by atoms with Crippen LogP contribution in [0.15, 0.2) is 24.3 Å². The van der Waals surface area contributed by atoms with Gasteiger partial charge in [0.15, 0.2) is 23.0 Å². The maximum Gasteiger partial charge on any atom is 0.303 e. The zero-order valence-corrected chi connectivity index (χ0v) is 19.8. The van der Waals surface area contributed by atoms with Gasteiger partial charge in [-0.1, -0.05) is 12.2 Å². The highest BCUT2D eigenvalue weighted by Crippen LogP contribution is 2.40. The summed E-state index contributed by atoms with van der Waals surface area (Å²) in [6.45, 7) is 0.437. The van der Waals surface area contributed by atoms with Crippen LogP contribution in [0.1, 0.15) is 36.8 Å². The predicted octanol–water partition coefficient (Wildman–Crippen LogP) is 4.92. The van der Waals surface area contributed by atoms with E-state index in [-0.39, 0.29) is 6.42 Å². The zero-order valence-electron chi connectivity index (χ0n) is 19.8. The number of hydrogen-bond acceptors (Lipinski definition) is 7. The molecule has 0 aliphatic heterocycles. The lowest BCUT2D eigenvalue weighted by Crippen LogP contribution is -2.02. The zero-order chi connectivity index (χ0) is 24.2. The predicted molar refractivity (Wildman–Crippen MR) is 126 cm³/mol. The van der Waals surface area contributed by atoms with E-state index in [1.165, 1.54) is 0 Å². The fourth-order valence-corrected chi connectivity index (χ4v) is 3.26. The largest absolute Gasteiger partial charge is 0.493 e. The van der Waals surface area contributed by atoms with Crippen molar-refractivity contribution in [1.82, 2.24) is 0 Å². The number of carboxylic acid groups (broad SMARTS) is 1. The number of rotatable bonds is 14. The van der Waals surface area contributed by atoms with Crippen LogP contribution in [0.5, 0.6) is 34.5 Å². The number of benzene rings is 2. The van der Waals surface area contributed by atoms with Crippen molar-refractivity contribution >= 4 is 18.1 Å². The SMILES string of the molecule is COc1cc(C=Cc2cc(OC)c(OCCCCCC(=O)O)c(OC)c2)cc(OC)c1OC. The lowest BCUT2D eigenvalue weighted by atomic mass is 10.1. The molecule has 2 rings (SSSR count). The highest BCUT2D eigenvalue weighted by molar-refractivity contribution is 5.75. The van der Waals surface area contributed by atoms with Crippen LogP contribution in [-0.4, -0.2) is 53.2 Å². The molecule has 33 heavy (non-hydrogen) atoms. The summed E-state index contributed by atoms with van der Waals surface area (Å²) in [7, 11) is 7.85. The van der Waals surface area contributed by atoms with Gasteiger partial charge in [0.25, 0.3) is 0 Å². The number of carbonyl (C=O) groups is 1. The molecule has 0 fully saturated rings. The number of methoxy groups -OCH3 is 5. The van der Waals surface area contributed by atoms with Crippen molar-refractivity contribution in [1.29, 1.82) is 0 Å². The van der Waals surface area contributed by atoms with Gasteiger partial charge in [-0.15, -0.1) is 0 Å². The molecule has 0 amide bonds. The van der Waals surface area contributed by atoms with Gasteiger partial charge in [-0.3, -0.25) is 4.79 Å². The van der Waals surface area contributed by atoms with Crippen molar-refractivity contribution in [2.24, 2.45) is 0 Å². The van der Waals surface area contributed by atoms with E-state index < -0.39 is 5.97 Å². The molecular weight excluding hydrogens is 428 g/mol. The highest BCUT2D eigenvalue weighted by Gasteiger charge is 2.15. The molecule has 1 N–H and O–H groups in total. The van der Waals surface area contributed by atoms with Crippen LogP contribution >= 0.6 is 0 Å². The number of unbranched alkanes of at least 4 members (excludes halogenated alkanes) is 2. The summed E-state index contributed by atoms with van der Waals surface area (Å²) in [6.07, 6.45) is 6.13. The second-order valence-electron chi connectivity index (χ2n) is 7.10. The Morgan fingerprint density at radius 1 is 0.697 bits per heavy atom. The second-order valence-corrected chi connectivity index (χ2v) is 7.10. The first kappa shape index (κ1) is 25.7. The first-order valence-corrected chi connectivity index (χ1v) is 10.6. The van der Waals surface area contributed by atoms with E-state index in [4.69, 9.17) is 33.5 Å². The molecule has 0 heterocycles. The van der Waals surface area contributed by atoms with E-state index in [1.807, 2.05) is 36.4 Å². The van der Waals surface area contributed by atoms with Crippen molar-refractivity contribution in [3.05, 3.63) is 35.4 Å². The molecule has 8 heteroatoms. The lowest BCUT2D eigenvalue weighted by Gasteiger charge is -2.15. The Bertz CT molecular complexity index is 901. The molecule has 2 aromatic rings. The van der Waals surface area contributed by atoms with Crippen molar-refractivity contribution in [3.63, 3.8) is 0 Å². The number of hydrogen-bond donors (Lipinski definition) is 1. The third-order valence-corrected chi connectivity index (χ3v) is 4.92. The minimum atomic E-state index is -0.783. The maximum absolute atomic E-state index is 10.6. The highest BCUT2D eigenvalue weighted by atomic mass is 16.5. The Labute approximate surface area is 194 Å². The minimum absolute atomic E-state index is 0.166. The smallest absolute Gasteiger partial charge is 0.303 e. The Morgan fingerprint density at radius 2 is 1.15 bits per heavy atom. The maximum atomic E-state index is 10.6. The average Bonchev–Trinajstić information content (AvgIpc) is 2.83. The van der Waals surface area contributed by atoms with Crippen molar-refractivity contribution in [3.8, 4) is 34.5 Å². The van der Waals surface area contributed by atoms with Crippen LogP contribution in [0.2, 0.25) is 0 Å². The Morgan fingerprint density at radius 3 is 1.55 bits per heavy atom. The van der Waals surface area contributed by atoms with Gasteiger partial charge in [-0.05, 0) is 54.7 Å². The first-order valence-electron chi connectivity index (χ1n) is 10.6. The van der Waals surface area contributed by atoms with Gasteiger partial charge in [-0.2, -0.15) is 0 Å². The fourth-order valence-electron chi connectivity index (χ4n) is 3.26. The van der Waals surface area contributed by atoms with Gasteiger partial charge in [0.1, 0.15) is 0 Å². The van der Waals surface area contributed by atoms with E-state index in [0.717, 1.165) is 24.0 Å². The van der Waals surface area contributed by atoms with Gasteiger partial charge < -0.3 is 33.5 Å². The summed E-state index contributed by atoms with van der Waals surface area (Å²) in [6, 6.07) is 7.43. The van der Waals surface area contributed by atoms with Gasteiger partial charge >= 0.3 is 5.97 Å².